The summed E-state index contributed by atoms with van der Waals surface area (Å²) in [5.74, 6) is -0.266. The molecule has 0 spiro atoms. The molecule has 0 unspecified atom stereocenters. The molecule has 7 nitrogen and oxygen atoms in total. The zero-order valence-electron chi connectivity index (χ0n) is 18.8. The molecule has 4 rings (SSSR count). The molecule has 1 aliphatic rings. The Labute approximate surface area is 207 Å². The summed E-state index contributed by atoms with van der Waals surface area (Å²) in [7, 11) is 1.61. The number of fused-ring (bicyclic) bond motifs is 1. The lowest BCUT2D eigenvalue weighted by Gasteiger charge is -2.34. The second kappa shape index (κ2) is 9.68. The van der Waals surface area contributed by atoms with Crippen molar-refractivity contribution in [2.45, 2.75) is 44.7 Å². The van der Waals surface area contributed by atoms with Crippen molar-refractivity contribution in [3.05, 3.63) is 52.1 Å². The molecule has 0 radical (unpaired) electrons. The summed E-state index contributed by atoms with van der Waals surface area (Å²) in [6.07, 6.45) is 3.73. The number of ketones is 1. The van der Waals surface area contributed by atoms with Gasteiger partial charge in [0.05, 0.1) is 26.8 Å². The average molecular weight is 502 g/mol. The predicted molar refractivity (Wildman–Crippen MR) is 134 cm³/mol. The Morgan fingerprint density at radius 2 is 1.71 bits per heavy atom. The van der Waals surface area contributed by atoms with Gasteiger partial charge in [-0.1, -0.05) is 29.3 Å². The third-order valence-corrected chi connectivity index (χ3v) is 7.07. The first-order valence-corrected chi connectivity index (χ1v) is 11.8. The zero-order valence-corrected chi connectivity index (χ0v) is 20.3. The summed E-state index contributed by atoms with van der Waals surface area (Å²) in [6.45, 7) is 1.51. The molecule has 2 aromatic carbocycles. The van der Waals surface area contributed by atoms with Crippen LogP contribution in [0.3, 0.4) is 0 Å². The van der Waals surface area contributed by atoms with Gasteiger partial charge >= 0.3 is 6.09 Å². The fourth-order valence-electron chi connectivity index (χ4n) is 4.49. The fourth-order valence-corrected chi connectivity index (χ4v) is 4.98. The van der Waals surface area contributed by atoms with Crippen LogP contribution in [0.1, 0.15) is 43.0 Å². The van der Waals surface area contributed by atoms with Crippen LogP contribution < -0.4 is 5.32 Å². The van der Waals surface area contributed by atoms with E-state index in [-0.39, 0.29) is 33.7 Å². The Bertz CT molecular complexity index is 1250. The molecule has 0 atom stereocenters. The molecular weight excluding hydrogens is 477 g/mol. The molecule has 1 fully saturated rings. The molecule has 3 N–H and O–H groups in total. The molecule has 1 amide bonds. The van der Waals surface area contributed by atoms with Gasteiger partial charge in [-0.3, -0.25) is 9.78 Å². The molecule has 3 aromatic rings. The summed E-state index contributed by atoms with van der Waals surface area (Å²) < 4.78 is 0. The number of nitrogens with zero attached hydrogens (tertiary/aromatic N) is 2. The Morgan fingerprint density at radius 3 is 2.29 bits per heavy atom. The van der Waals surface area contributed by atoms with Gasteiger partial charge in [-0.15, -0.1) is 0 Å². The Morgan fingerprint density at radius 1 is 1.06 bits per heavy atom. The number of carboxylic acid groups (broad SMARTS) is 1. The number of rotatable bonds is 5. The number of pyridine rings is 1. The molecule has 1 aliphatic carbocycles. The molecule has 1 heterocycles. The van der Waals surface area contributed by atoms with Crippen molar-refractivity contribution in [2.24, 2.45) is 0 Å². The topological polar surface area (TPSA) is 103 Å². The van der Waals surface area contributed by atoms with Gasteiger partial charge in [0.25, 0.3) is 0 Å². The summed E-state index contributed by atoms with van der Waals surface area (Å²) in [5, 5.41) is 23.8. The second-order valence-corrected chi connectivity index (χ2v) is 9.48. The van der Waals surface area contributed by atoms with Gasteiger partial charge in [-0.25, -0.2) is 4.79 Å². The van der Waals surface area contributed by atoms with Gasteiger partial charge in [-0.05, 0) is 68.0 Å². The average Bonchev–Trinajstić information content (AvgIpc) is 2.81. The van der Waals surface area contributed by atoms with Crippen LogP contribution in [0.4, 0.5) is 10.5 Å². The molecule has 9 heteroatoms. The van der Waals surface area contributed by atoms with Crippen molar-refractivity contribution in [3.8, 4) is 16.9 Å². The third kappa shape index (κ3) is 4.76. The van der Waals surface area contributed by atoms with Crippen LogP contribution in [0, 0.1) is 0 Å². The molecule has 0 bridgehead atoms. The number of anilines is 1. The van der Waals surface area contributed by atoms with Crippen molar-refractivity contribution in [2.75, 3.05) is 12.4 Å². The van der Waals surface area contributed by atoms with E-state index in [0.29, 0.717) is 11.3 Å². The van der Waals surface area contributed by atoms with Gasteiger partial charge in [0, 0.05) is 30.7 Å². The molecule has 178 valence electrons. The molecule has 0 aliphatic heterocycles. The minimum absolute atomic E-state index is 0.00684. The third-order valence-electron chi connectivity index (χ3n) is 6.49. The van der Waals surface area contributed by atoms with Gasteiger partial charge in [0.15, 0.2) is 11.5 Å². The van der Waals surface area contributed by atoms with E-state index >= 15 is 0 Å². The Balaban J connectivity index is 1.70. The number of carbonyl (C=O) groups is 2. The largest absolute Gasteiger partial charge is 0.505 e. The maximum absolute atomic E-state index is 12.4. The van der Waals surface area contributed by atoms with Crippen LogP contribution in [0.25, 0.3) is 22.0 Å². The first kappa shape index (κ1) is 24.1. The van der Waals surface area contributed by atoms with Crippen molar-refractivity contribution in [1.29, 1.82) is 0 Å². The van der Waals surface area contributed by atoms with E-state index in [4.69, 9.17) is 23.2 Å². The minimum Gasteiger partial charge on any atom is -0.505 e. The smallest absolute Gasteiger partial charge is 0.407 e. The first-order valence-electron chi connectivity index (χ1n) is 11.0. The number of phenols is 1. The van der Waals surface area contributed by atoms with E-state index in [2.05, 4.69) is 10.3 Å². The quantitative estimate of drug-likeness (QED) is 0.347. The first-order chi connectivity index (χ1) is 16.2. The number of benzene rings is 2. The molecular formula is C25H25Cl2N3O4. The van der Waals surface area contributed by atoms with Crippen LogP contribution in [-0.4, -0.2) is 51.1 Å². The number of phenolic OH excluding ortho intramolecular Hbond substituents is 1. The summed E-state index contributed by atoms with van der Waals surface area (Å²) in [4.78, 5) is 29.6. The van der Waals surface area contributed by atoms with Gasteiger partial charge < -0.3 is 20.4 Å². The normalized spacial score (nSPS) is 18.0. The van der Waals surface area contributed by atoms with Crippen molar-refractivity contribution in [1.82, 2.24) is 9.88 Å². The summed E-state index contributed by atoms with van der Waals surface area (Å²) in [5.41, 5.74) is 3.48. The number of amides is 1. The molecule has 1 aromatic heterocycles. The number of Topliss-reactive ketones (excluding diaryl/α,β-unsaturated/α-hetero) is 1. The standard InChI is InChI=1S/C25H25Cl2N3O4/c1-13(31)19-12-28-22-8-3-14(15-10-20(26)24(32)21(27)11-15)9-18(22)23(19)29-16-4-6-17(7-5-16)30(2)25(33)34/h3,8-12,16-17,32H,4-7H2,1-2H3,(H,28,29)(H,33,34)/t16-,17-. The number of hydrogen-bond acceptors (Lipinski definition) is 5. The lowest BCUT2D eigenvalue weighted by atomic mass is 9.89. The highest BCUT2D eigenvalue weighted by atomic mass is 35.5. The highest BCUT2D eigenvalue weighted by Crippen LogP contribution is 2.38. The monoisotopic (exact) mass is 501 g/mol. The maximum Gasteiger partial charge on any atom is 0.407 e. The Kier molecular flexibility index (Phi) is 6.86. The number of hydrogen-bond donors (Lipinski definition) is 3. The predicted octanol–water partition coefficient (Wildman–Crippen LogP) is 6.45. The van der Waals surface area contributed by atoms with Crippen LogP contribution in [0.5, 0.6) is 5.75 Å². The highest BCUT2D eigenvalue weighted by molar-refractivity contribution is 6.37. The van der Waals surface area contributed by atoms with E-state index in [1.165, 1.54) is 11.8 Å². The van der Waals surface area contributed by atoms with Crippen molar-refractivity contribution < 1.29 is 19.8 Å². The highest BCUT2D eigenvalue weighted by Gasteiger charge is 2.27. The lowest BCUT2D eigenvalue weighted by molar-refractivity contribution is 0.101. The number of halogens is 2. The van der Waals surface area contributed by atoms with Gasteiger partial charge in [0.1, 0.15) is 0 Å². The van der Waals surface area contributed by atoms with E-state index < -0.39 is 6.09 Å². The number of carbonyl (C=O) groups excluding carboxylic acids is 1. The number of aromatic nitrogens is 1. The van der Waals surface area contributed by atoms with Crippen molar-refractivity contribution in [3.63, 3.8) is 0 Å². The van der Waals surface area contributed by atoms with Crippen LogP contribution in [0.15, 0.2) is 36.5 Å². The second-order valence-electron chi connectivity index (χ2n) is 8.67. The molecule has 34 heavy (non-hydrogen) atoms. The SMILES string of the molecule is CC(=O)c1cnc2ccc(-c3cc(Cl)c(O)c(Cl)c3)cc2c1N[C@H]1CC[C@H](N(C)C(=O)O)CC1. The fraction of sp³-hybridized carbons (Fsp3) is 0.320. The Hall–Kier alpha value is -3.03. The summed E-state index contributed by atoms with van der Waals surface area (Å²) in [6, 6.07) is 9.06. The molecule has 1 saturated carbocycles. The number of nitrogens with one attached hydrogen (secondary N) is 1. The zero-order chi connectivity index (χ0) is 24.6. The van der Waals surface area contributed by atoms with E-state index in [0.717, 1.165) is 47.7 Å². The van der Waals surface area contributed by atoms with E-state index in [1.807, 2.05) is 18.2 Å². The molecule has 0 saturated heterocycles. The van der Waals surface area contributed by atoms with Crippen LogP contribution in [-0.2, 0) is 0 Å². The van der Waals surface area contributed by atoms with Crippen LogP contribution in [0.2, 0.25) is 10.0 Å². The number of aromatic hydroxyl groups is 1. The van der Waals surface area contributed by atoms with E-state index in [1.54, 1.807) is 25.4 Å². The van der Waals surface area contributed by atoms with Crippen molar-refractivity contribution >= 4 is 51.7 Å². The van der Waals surface area contributed by atoms with Gasteiger partial charge in [0.2, 0.25) is 0 Å². The van der Waals surface area contributed by atoms with E-state index in [9.17, 15) is 19.8 Å². The minimum atomic E-state index is -0.919. The van der Waals surface area contributed by atoms with Gasteiger partial charge in [-0.2, -0.15) is 0 Å². The maximum atomic E-state index is 12.4. The van der Waals surface area contributed by atoms with Crippen LogP contribution >= 0.6 is 23.2 Å². The lowest BCUT2D eigenvalue weighted by Crippen LogP contribution is -2.41. The summed E-state index contributed by atoms with van der Waals surface area (Å²) >= 11 is 12.2.